The van der Waals surface area contributed by atoms with Crippen LogP contribution in [0.3, 0.4) is 0 Å². The highest BCUT2D eigenvalue weighted by molar-refractivity contribution is 5.85. The third kappa shape index (κ3) is 4.97. The summed E-state index contributed by atoms with van der Waals surface area (Å²) in [6.07, 6.45) is 1.76. The van der Waals surface area contributed by atoms with E-state index in [0.717, 1.165) is 16.6 Å². The Morgan fingerprint density at radius 1 is 1.04 bits per heavy atom. The van der Waals surface area contributed by atoms with E-state index in [9.17, 15) is 4.79 Å². The number of nitrogens with zero attached hydrogens (tertiary/aromatic N) is 1. The van der Waals surface area contributed by atoms with Crippen LogP contribution in [0.5, 0.6) is 11.5 Å². The van der Waals surface area contributed by atoms with Crippen LogP contribution in [0, 0.1) is 0 Å². The van der Waals surface area contributed by atoms with E-state index in [4.69, 9.17) is 4.74 Å². The molecule has 0 aliphatic rings. The van der Waals surface area contributed by atoms with Crippen LogP contribution < -0.4 is 15.4 Å². The molecule has 3 rings (SSSR count). The lowest BCUT2D eigenvalue weighted by Gasteiger charge is -2.24. The highest BCUT2D eigenvalue weighted by Crippen LogP contribution is 2.29. The first-order valence-corrected chi connectivity index (χ1v) is 9.02. The van der Waals surface area contributed by atoms with Crippen LogP contribution >= 0.6 is 0 Å². The van der Waals surface area contributed by atoms with Crippen molar-refractivity contribution >= 4 is 22.5 Å². The molecule has 5 heteroatoms. The quantitative estimate of drug-likeness (QED) is 0.687. The SMILES string of the molecule is CC(Nc1ccc(Oc2cccc3cccnc23)cc1)C(=O)NC(C)(C)C. The molecule has 1 amide bonds. The number of para-hydroxylation sites is 1. The third-order valence-corrected chi connectivity index (χ3v) is 3.95. The number of fused-ring (bicyclic) bond motifs is 1. The van der Waals surface area contributed by atoms with E-state index in [-0.39, 0.29) is 17.5 Å². The van der Waals surface area contributed by atoms with Crippen molar-refractivity contribution in [3.63, 3.8) is 0 Å². The Labute approximate surface area is 159 Å². The van der Waals surface area contributed by atoms with Gasteiger partial charge in [-0.3, -0.25) is 9.78 Å². The van der Waals surface area contributed by atoms with Gasteiger partial charge in [0.05, 0.1) is 0 Å². The van der Waals surface area contributed by atoms with E-state index in [1.807, 2.05) is 82.3 Å². The minimum Gasteiger partial charge on any atom is -0.455 e. The molecule has 0 saturated carbocycles. The van der Waals surface area contributed by atoms with Crippen LogP contribution in [0.25, 0.3) is 10.9 Å². The molecule has 27 heavy (non-hydrogen) atoms. The molecular formula is C22H25N3O2. The van der Waals surface area contributed by atoms with Crippen molar-refractivity contribution in [2.24, 2.45) is 0 Å². The highest BCUT2D eigenvalue weighted by atomic mass is 16.5. The average Bonchev–Trinajstić information content (AvgIpc) is 2.62. The van der Waals surface area contributed by atoms with Crippen LogP contribution in [0.15, 0.2) is 60.8 Å². The molecule has 0 fully saturated rings. The number of hydrogen-bond donors (Lipinski definition) is 2. The van der Waals surface area contributed by atoms with Crippen LogP contribution in [-0.4, -0.2) is 22.5 Å². The number of benzene rings is 2. The molecule has 1 heterocycles. The van der Waals surface area contributed by atoms with Gasteiger partial charge in [0.1, 0.15) is 17.3 Å². The van der Waals surface area contributed by atoms with E-state index in [2.05, 4.69) is 15.6 Å². The van der Waals surface area contributed by atoms with Gasteiger partial charge in [0.25, 0.3) is 0 Å². The Morgan fingerprint density at radius 3 is 2.44 bits per heavy atom. The van der Waals surface area contributed by atoms with Crippen molar-refractivity contribution in [2.45, 2.75) is 39.3 Å². The molecule has 0 saturated heterocycles. The second-order valence-corrected chi connectivity index (χ2v) is 7.56. The minimum atomic E-state index is -0.335. The monoisotopic (exact) mass is 363 g/mol. The number of aromatic nitrogens is 1. The number of nitrogens with one attached hydrogen (secondary N) is 2. The highest BCUT2D eigenvalue weighted by Gasteiger charge is 2.19. The fraction of sp³-hybridized carbons (Fsp3) is 0.273. The zero-order valence-electron chi connectivity index (χ0n) is 16.1. The van der Waals surface area contributed by atoms with Gasteiger partial charge >= 0.3 is 0 Å². The van der Waals surface area contributed by atoms with Crippen molar-refractivity contribution in [3.05, 3.63) is 60.8 Å². The van der Waals surface area contributed by atoms with Gasteiger partial charge < -0.3 is 15.4 Å². The number of hydrogen-bond acceptors (Lipinski definition) is 4. The Balaban J connectivity index is 1.67. The van der Waals surface area contributed by atoms with Gasteiger partial charge in [0, 0.05) is 22.8 Å². The molecule has 0 aliphatic carbocycles. The summed E-state index contributed by atoms with van der Waals surface area (Å²) in [5, 5.41) is 7.21. The van der Waals surface area contributed by atoms with Crippen LogP contribution in [-0.2, 0) is 4.79 Å². The van der Waals surface area contributed by atoms with Crippen molar-refractivity contribution in [2.75, 3.05) is 5.32 Å². The molecule has 0 spiro atoms. The van der Waals surface area contributed by atoms with Crippen molar-refractivity contribution < 1.29 is 9.53 Å². The van der Waals surface area contributed by atoms with Gasteiger partial charge in [0.2, 0.25) is 5.91 Å². The molecule has 1 atom stereocenters. The van der Waals surface area contributed by atoms with Gasteiger partial charge in [-0.1, -0.05) is 18.2 Å². The molecule has 2 N–H and O–H groups in total. The van der Waals surface area contributed by atoms with Gasteiger partial charge in [-0.25, -0.2) is 0 Å². The summed E-state index contributed by atoms with van der Waals surface area (Å²) in [5.74, 6) is 1.39. The Bertz CT molecular complexity index is 925. The molecule has 5 nitrogen and oxygen atoms in total. The molecule has 3 aromatic rings. The maximum Gasteiger partial charge on any atom is 0.242 e. The number of ether oxygens (including phenoxy) is 1. The average molecular weight is 363 g/mol. The van der Waals surface area contributed by atoms with Gasteiger partial charge in [-0.15, -0.1) is 0 Å². The lowest BCUT2D eigenvalue weighted by atomic mass is 10.1. The fourth-order valence-electron chi connectivity index (χ4n) is 2.70. The topological polar surface area (TPSA) is 63.2 Å². The van der Waals surface area contributed by atoms with E-state index in [1.54, 1.807) is 6.20 Å². The summed E-state index contributed by atoms with van der Waals surface area (Å²) in [6.45, 7) is 7.73. The summed E-state index contributed by atoms with van der Waals surface area (Å²) in [4.78, 5) is 16.6. The second kappa shape index (κ2) is 7.66. The molecule has 0 radical (unpaired) electrons. The maximum atomic E-state index is 12.2. The van der Waals surface area contributed by atoms with E-state index in [1.165, 1.54) is 0 Å². The Kier molecular flexibility index (Phi) is 5.31. The predicted octanol–water partition coefficient (Wildman–Crippen LogP) is 4.74. The first kappa shape index (κ1) is 18.7. The number of amides is 1. The number of carbonyl (C=O) groups excluding carboxylic acids is 1. The van der Waals surface area contributed by atoms with Crippen LogP contribution in [0.1, 0.15) is 27.7 Å². The molecule has 0 bridgehead atoms. The predicted molar refractivity (Wildman–Crippen MR) is 109 cm³/mol. The Hall–Kier alpha value is -3.08. The zero-order valence-corrected chi connectivity index (χ0v) is 16.1. The molecular weight excluding hydrogens is 338 g/mol. The zero-order chi connectivity index (χ0) is 19.4. The number of rotatable bonds is 5. The molecule has 140 valence electrons. The van der Waals surface area contributed by atoms with Gasteiger partial charge in [-0.05, 0) is 64.1 Å². The fourth-order valence-corrected chi connectivity index (χ4v) is 2.70. The third-order valence-electron chi connectivity index (χ3n) is 3.95. The number of carbonyl (C=O) groups is 1. The van der Waals surface area contributed by atoms with E-state index >= 15 is 0 Å². The lowest BCUT2D eigenvalue weighted by Crippen LogP contribution is -2.47. The normalized spacial score (nSPS) is 12.4. The molecule has 0 aliphatic heterocycles. The van der Waals surface area contributed by atoms with E-state index < -0.39 is 0 Å². The number of anilines is 1. The standard InChI is InChI=1S/C22H25N3O2/c1-15(21(26)25-22(2,3)4)24-17-10-12-18(13-11-17)27-19-9-5-7-16-8-6-14-23-20(16)19/h5-15,24H,1-4H3,(H,25,26). The van der Waals surface area contributed by atoms with Crippen molar-refractivity contribution in [1.29, 1.82) is 0 Å². The second-order valence-electron chi connectivity index (χ2n) is 7.56. The lowest BCUT2D eigenvalue weighted by molar-refractivity contribution is -0.122. The smallest absolute Gasteiger partial charge is 0.242 e. The van der Waals surface area contributed by atoms with Crippen molar-refractivity contribution in [3.8, 4) is 11.5 Å². The van der Waals surface area contributed by atoms with Crippen LogP contribution in [0.4, 0.5) is 5.69 Å². The summed E-state index contributed by atoms with van der Waals surface area (Å²) >= 11 is 0. The maximum absolute atomic E-state index is 12.2. The van der Waals surface area contributed by atoms with Crippen molar-refractivity contribution in [1.82, 2.24) is 10.3 Å². The van der Waals surface area contributed by atoms with Gasteiger partial charge in [-0.2, -0.15) is 0 Å². The largest absolute Gasteiger partial charge is 0.455 e. The molecule has 1 unspecified atom stereocenters. The summed E-state index contributed by atoms with van der Waals surface area (Å²) in [7, 11) is 0. The first-order valence-electron chi connectivity index (χ1n) is 9.02. The van der Waals surface area contributed by atoms with E-state index in [0.29, 0.717) is 11.5 Å². The minimum absolute atomic E-state index is 0.0374. The van der Waals surface area contributed by atoms with Crippen LogP contribution in [0.2, 0.25) is 0 Å². The number of pyridine rings is 1. The van der Waals surface area contributed by atoms with Gasteiger partial charge in [0.15, 0.2) is 5.75 Å². The molecule has 1 aromatic heterocycles. The Morgan fingerprint density at radius 2 is 1.74 bits per heavy atom. The summed E-state index contributed by atoms with van der Waals surface area (Å²) in [6, 6.07) is 17.0. The first-order chi connectivity index (χ1) is 12.8. The molecule has 2 aromatic carbocycles. The summed E-state index contributed by atoms with van der Waals surface area (Å²) < 4.78 is 6.00. The summed E-state index contributed by atoms with van der Waals surface area (Å²) in [5.41, 5.74) is 1.43.